The molecule has 0 heterocycles. The largest absolute Gasteiger partial charge is 0.460 e. The third kappa shape index (κ3) is 7.23. The van der Waals surface area contributed by atoms with Gasteiger partial charge in [-0.2, -0.15) is 0 Å². The first kappa shape index (κ1) is 14.9. The fourth-order valence-corrected chi connectivity index (χ4v) is 1.20. The van der Waals surface area contributed by atoms with Crippen molar-refractivity contribution in [2.24, 2.45) is 0 Å². The number of esters is 2. The van der Waals surface area contributed by atoms with Crippen molar-refractivity contribution in [1.82, 2.24) is 0 Å². The number of ether oxygens (including phenoxy) is 3. The van der Waals surface area contributed by atoms with Crippen LogP contribution in [0.3, 0.4) is 0 Å². The van der Waals surface area contributed by atoms with Crippen LogP contribution in [-0.4, -0.2) is 31.8 Å². The van der Waals surface area contributed by atoms with Crippen molar-refractivity contribution in [3.8, 4) is 0 Å². The van der Waals surface area contributed by atoms with Gasteiger partial charge in [-0.15, -0.1) is 0 Å². The van der Waals surface area contributed by atoms with E-state index in [4.69, 9.17) is 14.2 Å². The summed E-state index contributed by atoms with van der Waals surface area (Å²) in [7, 11) is 1.52. The molecule has 16 heavy (non-hydrogen) atoms. The molecule has 0 saturated carbocycles. The lowest BCUT2D eigenvalue weighted by atomic mass is 10.2. The van der Waals surface area contributed by atoms with Crippen molar-refractivity contribution in [3.63, 3.8) is 0 Å². The molecule has 0 rings (SSSR count). The molecule has 0 aromatic heterocycles. The van der Waals surface area contributed by atoms with E-state index >= 15 is 0 Å². The highest BCUT2D eigenvalue weighted by molar-refractivity contribution is 5.69. The molecule has 5 nitrogen and oxygen atoms in total. The van der Waals surface area contributed by atoms with Gasteiger partial charge in [0.25, 0.3) is 0 Å². The highest BCUT2D eigenvalue weighted by atomic mass is 16.6. The molecule has 1 atom stereocenters. The zero-order chi connectivity index (χ0) is 12.6. The molecule has 0 aliphatic carbocycles. The Morgan fingerprint density at radius 2 is 1.88 bits per heavy atom. The van der Waals surface area contributed by atoms with Crippen molar-refractivity contribution in [1.29, 1.82) is 0 Å². The fraction of sp³-hybridized carbons (Fsp3) is 0.727. The van der Waals surface area contributed by atoms with Crippen LogP contribution >= 0.6 is 0 Å². The molecule has 0 amide bonds. The maximum absolute atomic E-state index is 11.1. The number of carbonyl (C=O) groups is 2. The summed E-state index contributed by atoms with van der Waals surface area (Å²) < 4.78 is 14.9. The minimum Gasteiger partial charge on any atom is -0.460 e. The molecule has 0 aliphatic heterocycles. The minimum atomic E-state index is -0.406. The van der Waals surface area contributed by atoms with Crippen LogP contribution in [0.25, 0.3) is 0 Å². The summed E-state index contributed by atoms with van der Waals surface area (Å²) in [6.45, 7) is 5.00. The lowest BCUT2D eigenvalue weighted by Gasteiger charge is -2.19. The van der Waals surface area contributed by atoms with Gasteiger partial charge in [-0.05, 0) is 6.92 Å². The summed E-state index contributed by atoms with van der Waals surface area (Å²) in [6, 6.07) is 0. The highest BCUT2D eigenvalue weighted by Gasteiger charge is 2.19. The summed E-state index contributed by atoms with van der Waals surface area (Å²) >= 11 is 0. The van der Waals surface area contributed by atoms with Gasteiger partial charge in [-0.25, -0.2) is 0 Å². The first-order valence-corrected chi connectivity index (χ1v) is 5.18. The molecule has 0 aromatic carbocycles. The Kier molecular flexibility index (Phi) is 7.54. The third-order valence-electron chi connectivity index (χ3n) is 1.77. The van der Waals surface area contributed by atoms with Gasteiger partial charge in [0.05, 0.1) is 6.61 Å². The van der Waals surface area contributed by atoms with E-state index in [1.165, 1.54) is 14.0 Å². The van der Waals surface area contributed by atoms with Gasteiger partial charge in [-0.1, -0.05) is 6.92 Å². The van der Waals surface area contributed by atoms with E-state index in [1.54, 1.807) is 13.8 Å². The molecular weight excluding hydrogens is 212 g/mol. The Hall–Kier alpha value is -1.10. The SMILES string of the molecule is CCC(=O)OC(COC)C[C](C)OC(C)=O. The van der Waals surface area contributed by atoms with Crippen LogP contribution in [0, 0.1) is 6.10 Å². The van der Waals surface area contributed by atoms with Crippen molar-refractivity contribution in [2.75, 3.05) is 13.7 Å². The monoisotopic (exact) mass is 231 g/mol. The van der Waals surface area contributed by atoms with Crippen LogP contribution in [0.2, 0.25) is 0 Å². The topological polar surface area (TPSA) is 61.8 Å². The molecule has 93 valence electrons. The second kappa shape index (κ2) is 8.10. The van der Waals surface area contributed by atoms with E-state index in [1.807, 2.05) is 0 Å². The first-order chi connectivity index (χ1) is 7.49. The summed E-state index contributed by atoms with van der Waals surface area (Å²) in [4.78, 5) is 21.8. The van der Waals surface area contributed by atoms with E-state index in [9.17, 15) is 9.59 Å². The lowest BCUT2D eigenvalue weighted by molar-refractivity contribution is -0.152. The number of hydrogen-bond acceptors (Lipinski definition) is 5. The van der Waals surface area contributed by atoms with Crippen LogP contribution in [0.15, 0.2) is 0 Å². The van der Waals surface area contributed by atoms with Crippen LogP contribution in [0.1, 0.15) is 33.6 Å². The molecule has 0 N–H and O–H groups in total. The Morgan fingerprint density at radius 1 is 1.25 bits per heavy atom. The van der Waals surface area contributed by atoms with Crippen LogP contribution in [0.5, 0.6) is 0 Å². The molecule has 1 radical (unpaired) electrons. The number of methoxy groups -OCH3 is 1. The Labute approximate surface area is 96.1 Å². The Morgan fingerprint density at radius 3 is 2.31 bits per heavy atom. The van der Waals surface area contributed by atoms with E-state index < -0.39 is 6.10 Å². The standard InChI is InChI=1S/C11H19O5/c1-5-11(13)16-10(7-14-4)6-8(2)15-9(3)12/h10H,5-7H2,1-4H3. The molecular formula is C11H19O5. The quantitative estimate of drug-likeness (QED) is 0.621. The number of rotatable bonds is 7. The molecule has 0 bridgehead atoms. The normalized spacial score (nSPS) is 12.3. The van der Waals surface area contributed by atoms with Crippen LogP contribution < -0.4 is 0 Å². The second-order valence-corrected chi connectivity index (χ2v) is 3.42. The average molecular weight is 231 g/mol. The van der Waals surface area contributed by atoms with Crippen molar-refractivity contribution < 1.29 is 23.8 Å². The van der Waals surface area contributed by atoms with E-state index in [2.05, 4.69) is 0 Å². The zero-order valence-electron chi connectivity index (χ0n) is 10.2. The third-order valence-corrected chi connectivity index (χ3v) is 1.77. The molecule has 0 fully saturated rings. The molecule has 0 aromatic rings. The van der Waals surface area contributed by atoms with Gasteiger partial charge < -0.3 is 14.2 Å². The number of hydrogen-bond donors (Lipinski definition) is 0. The summed E-state index contributed by atoms with van der Waals surface area (Å²) in [5, 5.41) is 0. The van der Waals surface area contributed by atoms with E-state index in [0.717, 1.165) is 0 Å². The molecule has 0 aliphatic rings. The van der Waals surface area contributed by atoms with Gasteiger partial charge >= 0.3 is 11.9 Å². The van der Waals surface area contributed by atoms with Crippen LogP contribution in [-0.2, 0) is 23.8 Å². The smallest absolute Gasteiger partial charge is 0.305 e. The first-order valence-electron chi connectivity index (χ1n) is 5.18. The maximum Gasteiger partial charge on any atom is 0.305 e. The summed E-state index contributed by atoms with van der Waals surface area (Å²) in [5.74, 6) is -0.673. The Bertz CT molecular complexity index is 226. The summed E-state index contributed by atoms with van der Waals surface area (Å²) in [6.07, 6.45) is 0.779. The second-order valence-electron chi connectivity index (χ2n) is 3.42. The predicted molar refractivity (Wildman–Crippen MR) is 57.3 cm³/mol. The van der Waals surface area contributed by atoms with Gasteiger partial charge in [0, 0.05) is 26.9 Å². The van der Waals surface area contributed by atoms with Crippen molar-refractivity contribution in [2.45, 2.75) is 39.7 Å². The van der Waals surface area contributed by atoms with Crippen molar-refractivity contribution >= 4 is 11.9 Å². The van der Waals surface area contributed by atoms with Gasteiger partial charge in [0.1, 0.15) is 6.10 Å². The number of carbonyl (C=O) groups excluding carboxylic acids is 2. The van der Waals surface area contributed by atoms with E-state index in [0.29, 0.717) is 18.9 Å². The van der Waals surface area contributed by atoms with Crippen molar-refractivity contribution in [3.05, 3.63) is 6.10 Å². The minimum absolute atomic E-state index is 0.282. The lowest BCUT2D eigenvalue weighted by Crippen LogP contribution is -2.25. The summed E-state index contributed by atoms with van der Waals surface area (Å²) in [5.41, 5.74) is 0. The van der Waals surface area contributed by atoms with E-state index in [-0.39, 0.29) is 18.5 Å². The van der Waals surface area contributed by atoms with Gasteiger partial charge in [0.2, 0.25) is 0 Å². The highest BCUT2D eigenvalue weighted by Crippen LogP contribution is 2.14. The van der Waals surface area contributed by atoms with Gasteiger partial charge in [-0.3, -0.25) is 9.59 Å². The molecule has 0 spiro atoms. The fourth-order valence-electron chi connectivity index (χ4n) is 1.20. The maximum atomic E-state index is 11.1. The molecule has 5 heteroatoms. The molecule has 1 unspecified atom stereocenters. The van der Waals surface area contributed by atoms with Gasteiger partial charge in [0.15, 0.2) is 6.10 Å². The van der Waals surface area contributed by atoms with Crippen LogP contribution in [0.4, 0.5) is 0 Å². The Balaban J connectivity index is 4.10. The zero-order valence-corrected chi connectivity index (χ0v) is 10.2. The predicted octanol–water partition coefficient (Wildman–Crippen LogP) is 1.46. The molecule has 0 saturated heterocycles. The average Bonchev–Trinajstić information content (AvgIpc) is 2.16.